The molecule has 3 N–H and O–H groups in total. The summed E-state index contributed by atoms with van der Waals surface area (Å²) in [7, 11) is 3.20. The Morgan fingerprint density at radius 1 is 1.33 bits per heavy atom. The molecule has 0 radical (unpaired) electrons. The van der Waals surface area contributed by atoms with Crippen LogP contribution in [0.1, 0.15) is 18.3 Å². The zero-order valence-corrected chi connectivity index (χ0v) is 12.2. The third kappa shape index (κ3) is 3.22. The van der Waals surface area contributed by atoms with Crippen molar-refractivity contribution in [3.05, 3.63) is 29.6 Å². The van der Waals surface area contributed by atoms with Gasteiger partial charge in [0.1, 0.15) is 11.5 Å². The van der Waals surface area contributed by atoms with Gasteiger partial charge >= 0.3 is 0 Å². The van der Waals surface area contributed by atoms with Gasteiger partial charge in [-0.05, 0) is 18.2 Å². The van der Waals surface area contributed by atoms with E-state index < -0.39 is 0 Å². The molecule has 0 saturated heterocycles. The zero-order valence-electron chi connectivity index (χ0n) is 12.2. The summed E-state index contributed by atoms with van der Waals surface area (Å²) < 4.78 is 11.8. The SMILES string of the molecule is CCc1nnc(N/N=C\c2cc(OC)ccc2OC)n1N. The molecule has 0 fully saturated rings. The van der Waals surface area contributed by atoms with Gasteiger partial charge in [-0.1, -0.05) is 6.92 Å². The minimum absolute atomic E-state index is 0.366. The van der Waals surface area contributed by atoms with Gasteiger partial charge < -0.3 is 15.3 Å². The molecule has 2 rings (SSSR count). The molecule has 0 atom stereocenters. The summed E-state index contributed by atoms with van der Waals surface area (Å²) in [6, 6.07) is 5.43. The highest BCUT2D eigenvalue weighted by atomic mass is 16.5. The molecule has 0 bridgehead atoms. The smallest absolute Gasteiger partial charge is 0.263 e. The largest absolute Gasteiger partial charge is 0.497 e. The zero-order chi connectivity index (χ0) is 15.2. The Morgan fingerprint density at radius 2 is 2.14 bits per heavy atom. The van der Waals surface area contributed by atoms with Gasteiger partial charge in [0.25, 0.3) is 5.95 Å². The molecule has 0 aliphatic carbocycles. The summed E-state index contributed by atoms with van der Waals surface area (Å²) in [6.45, 7) is 1.95. The lowest BCUT2D eigenvalue weighted by atomic mass is 10.2. The number of aryl methyl sites for hydroxylation is 1. The van der Waals surface area contributed by atoms with Crippen LogP contribution in [0.25, 0.3) is 0 Å². The van der Waals surface area contributed by atoms with E-state index in [-0.39, 0.29) is 0 Å². The van der Waals surface area contributed by atoms with E-state index in [1.807, 2.05) is 19.1 Å². The topological polar surface area (TPSA) is 99.6 Å². The van der Waals surface area contributed by atoms with Crippen molar-refractivity contribution in [2.45, 2.75) is 13.3 Å². The van der Waals surface area contributed by atoms with Gasteiger partial charge in [-0.25, -0.2) is 10.1 Å². The molecule has 1 aromatic carbocycles. The molecule has 2 aromatic rings. The predicted octanol–water partition coefficient (Wildman–Crippen LogP) is 1.02. The van der Waals surface area contributed by atoms with Crippen molar-refractivity contribution in [1.82, 2.24) is 14.9 Å². The van der Waals surface area contributed by atoms with Crippen molar-refractivity contribution in [2.24, 2.45) is 5.10 Å². The molecule has 0 saturated carbocycles. The number of nitrogens with two attached hydrogens (primary N) is 1. The van der Waals surface area contributed by atoms with Crippen LogP contribution in [-0.2, 0) is 6.42 Å². The van der Waals surface area contributed by atoms with Crippen LogP contribution in [0.15, 0.2) is 23.3 Å². The van der Waals surface area contributed by atoms with Crippen molar-refractivity contribution in [1.29, 1.82) is 0 Å². The van der Waals surface area contributed by atoms with Crippen LogP contribution in [0, 0.1) is 0 Å². The number of aromatic nitrogens is 3. The van der Waals surface area contributed by atoms with E-state index in [0.717, 1.165) is 5.56 Å². The van der Waals surface area contributed by atoms with E-state index >= 15 is 0 Å². The lowest BCUT2D eigenvalue weighted by molar-refractivity contribution is 0.402. The Hall–Kier alpha value is -2.77. The number of anilines is 1. The number of ether oxygens (including phenoxy) is 2. The second kappa shape index (κ2) is 6.60. The highest BCUT2D eigenvalue weighted by Gasteiger charge is 2.06. The summed E-state index contributed by atoms with van der Waals surface area (Å²) in [6.07, 6.45) is 2.29. The standard InChI is InChI=1S/C13H18N6O2/c1-4-12-16-18-13(19(12)14)17-15-8-9-7-10(20-2)5-6-11(9)21-3/h5-8H,4,14H2,1-3H3,(H,17,18)/b15-8-. The summed E-state index contributed by atoms with van der Waals surface area (Å²) in [5.74, 6) is 8.24. The highest BCUT2D eigenvalue weighted by Crippen LogP contribution is 2.22. The average Bonchev–Trinajstić information content (AvgIpc) is 2.87. The summed E-state index contributed by atoms with van der Waals surface area (Å²) in [5, 5.41) is 11.9. The minimum atomic E-state index is 0.366. The maximum atomic E-state index is 5.81. The van der Waals surface area contributed by atoms with Gasteiger partial charge in [-0.2, -0.15) is 5.10 Å². The molecular weight excluding hydrogens is 272 g/mol. The molecule has 0 unspecified atom stereocenters. The molecule has 0 aliphatic rings. The Labute approximate surface area is 122 Å². The second-order valence-corrected chi connectivity index (χ2v) is 4.14. The number of hydrogen-bond acceptors (Lipinski definition) is 7. The van der Waals surface area contributed by atoms with Crippen LogP contribution in [0.3, 0.4) is 0 Å². The first-order chi connectivity index (χ1) is 10.2. The van der Waals surface area contributed by atoms with E-state index in [9.17, 15) is 0 Å². The first kappa shape index (κ1) is 14.6. The predicted molar refractivity (Wildman–Crippen MR) is 80.3 cm³/mol. The van der Waals surface area contributed by atoms with Crippen molar-refractivity contribution in [2.75, 3.05) is 25.5 Å². The van der Waals surface area contributed by atoms with Crippen LogP contribution >= 0.6 is 0 Å². The minimum Gasteiger partial charge on any atom is -0.497 e. The number of nitrogen functional groups attached to an aromatic ring is 1. The van der Waals surface area contributed by atoms with Crippen LogP contribution < -0.4 is 20.7 Å². The first-order valence-electron chi connectivity index (χ1n) is 6.40. The monoisotopic (exact) mass is 290 g/mol. The van der Waals surface area contributed by atoms with Crippen molar-refractivity contribution >= 4 is 12.2 Å². The molecular formula is C13H18N6O2. The van der Waals surface area contributed by atoms with E-state index in [1.165, 1.54) is 4.68 Å². The molecule has 8 heteroatoms. The Morgan fingerprint density at radius 3 is 2.76 bits per heavy atom. The number of nitrogens with one attached hydrogen (secondary N) is 1. The van der Waals surface area contributed by atoms with Crippen LogP contribution in [0.5, 0.6) is 11.5 Å². The maximum Gasteiger partial charge on any atom is 0.263 e. The molecule has 8 nitrogen and oxygen atoms in total. The van der Waals surface area contributed by atoms with Crippen LogP contribution in [-0.4, -0.2) is 35.3 Å². The van der Waals surface area contributed by atoms with Gasteiger partial charge in [0.2, 0.25) is 0 Å². The quantitative estimate of drug-likeness (QED) is 0.468. The number of hydrogen-bond donors (Lipinski definition) is 2. The van der Waals surface area contributed by atoms with Gasteiger partial charge in [-0.3, -0.25) is 0 Å². The van der Waals surface area contributed by atoms with Gasteiger partial charge in [0, 0.05) is 12.0 Å². The van der Waals surface area contributed by atoms with E-state index in [2.05, 4.69) is 20.7 Å². The summed E-state index contributed by atoms with van der Waals surface area (Å²) in [4.78, 5) is 0. The number of benzene rings is 1. The van der Waals surface area contributed by atoms with Crippen molar-refractivity contribution in [3.8, 4) is 11.5 Å². The Bertz CT molecular complexity index is 638. The second-order valence-electron chi connectivity index (χ2n) is 4.14. The fourth-order valence-electron chi connectivity index (χ4n) is 1.74. The Kier molecular flexibility index (Phi) is 4.60. The number of rotatable bonds is 6. The maximum absolute atomic E-state index is 5.81. The number of methoxy groups -OCH3 is 2. The molecule has 21 heavy (non-hydrogen) atoms. The van der Waals surface area contributed by atoms with Gasteiger partial charge in [0.05, 0.1) is 20.4 Å². The molecule has 1 heterocycles. The molecule has 0 aliphatic heterocycles. The molecule has 112 valence electrons. The lowest BCUT2D eigenvalue weighted by Crippen LogP contribution is -2.14. The third-order valence-corrected chi connectivity index (χ3v) is 2.89. The highest BCUT2D eigenvalue weighted by molar-refractivity contribution is 5.84. The number of nitrogens with zero attached hydrogens (tertiary/aromatic N) is 4. The average molecular weight is 290 g/mol. The molecule has 1 aromatic heterocycles. The van der Waals surface area contributed by atoms with Crippen LogP contribution in [0.4, 0.5) is 5.95 Å². The Balaban J connectivity index is 2.15. The third-order valence-electron chi connectivity index (χ3n) is 2.89. The van der Waals surface area contributed by atoms with Crippen molar-refractivity contribution in [3.63, 3.8) is 0 Å². The molecule has 0 spiro atoms. The van der Waals surface area contributed by atoms with Crippen LogP contribution in [0.2, 0.25) is 0 Å². The normalized spacial score (nSPS) is 10.8. The van der Waals surface area contributed by atoms with E-state index in [4.69, 9.17) is 15.3 Å². The summed E-state index contributed by atoms with van der Waals surface area (Å²) in [5.41, 5.74) is 3.51. The van der Waals surface area contributed by atoms with Gasteiger partial charge in [0.15, 0.2) is 5.82 Å². The van der Waals surface area contributed by atoms with E-state index in [1.54, 1.807) is 26.5 Å². The lowest BCUT2D eigenvalue weighted by Gasteiger charge is -2.06. The number of hydrazone groups is 1. The van der Waals surface area contributed by atoms with Gasteiger partial charge in [-0.15, -0.1) is 10.2 Å². The fourth-order valence-corrected chi connectivity index (χ4v) is 1.74. The molecule has 0 amide bonds. The van der Waals surface area contributed by atoms with E-state index in [0.29, 0.717) is 29.7 Å². The summed E-state index contributed by atoms with van der Waals surface area (Å²) >= 11 is 0. The first-order valence-corrected chi connectivity index (χ1v) is 6.40. The van der Waals surface area contributed by atoms with Crippen molar-refractivity contribution < 1.29 is 9.47 Å². The fraction of sp³-hybridized carbons (Fsp3) is 0.308.